The number of hydrogen-bond acceptors (Lipinski definition) is 0. The van der Waals surface area contributed by atoms with Gasteiger partial charge in [0.1, 0.15) is 0 Å². The summed E-state index contributed by atoms with van der Waals surface area (Å²) in [5.74, 6) is 0. The van der Waals surface area contributed by atoms with Crippen molar-refractivity contribution in [1.29, 1.82) is 0 Å². The Balaban J connectivity index is 2.81. The van der Waals surface area contributed by atoms with E-state index in [0.717, 1.165) is 11.1 Å². The SMILES string of the molecule is BrC(Br)(Br)c1cc2ccccc2cc1C(Br)(Br)Br. The first-order valence-electron chi connectivity index (χ1n) is 4.87. The topological polar surface area (TPSA) is 0 Å². The van der Waals surface area contributed by atoms with E-state index in [4.69, 9.17) is 0 Å². The molecule has 0 aliphatic heterocycles. The molecule has 0 spiro atoms. The number of rotatable bonds is 0. The number of benzene rings is 2. The molecule has 0 atom stereocenters. The highest BCUT2D eigenvalue weighted by molar-refractivity contribution is 9.39. The van der Waals surface area contributed by atoms with Crippen molar-refractivity contribution in [3.63, 3.8) is 0 Å². The third-order valence-corrected chi connectivity index (χ3v) is 5.06. The minimum Gasteiger partial charge on any atom is -0.0616 e. The van der Waals surface area contributed by atoms with E-state index in [0.29, 0.717) is 0 Å². The summed E-state index contributed by atoms with van der Waals surface area (Å²) in [4.78, 5) is 0. The summed E-state index contributed by atoms with van der Waals surface area (Å²) in [7, 11) is 0. The van der Waals surface area contributed by atoms with Gasteiger partial charge in [0.2, 0.25) is 0 Å². The van der Waals surface area contributed by atoms with Crippen LogP contribution in [0, 0.1) is 0 Å². The number of fused-ring (bicyclic) bond motifs is 1. The van der Waals surface area contributed by atoms with Crippen LogP contribution in [0.25, 0.3) is 10.8 Å². The average molecular weight is 630 g/mol. The molecule has 0 radical (unpaired) electrons. The zero-order valence-corrected chi connectivity index (χ0v) is 18.2. The van der Waals surface area contributed by atoms with Gasteiger partial charge in [-0.1, -0.05) is 120 Å². The van der Waals surface area contributed by atoms with Crippen LogP contribution in [-0.2, 0) is 4.29 Å². The van der Waals surface area contributed by atoms with Gasteiger partial charge in [0.05, 0.1) is 0 Å². The standard InChI is InChI=1S/C12H6Br6/c13-11(14,15)9-5-7-3-1-2-4-8(7)6-10(9)12(16,17)18/h1-6H. The second kappa shape index (κ2) is 5.76. The van der Waals surface area contributed by atoms with Crippen LogP contribution in [0.15, 0.2) is 36.4 Å². The molecule has 96 valence electrons. The molecular weight excluding hydrogens is 624 g/mol. The first kappa shape index (κ1) is 16.0. The number of alkyl halides is 6. The molecule has 0 saturated heterocycles. The van der Waals surface area contributed by atoms with Crippen LogP contribution < -0.4 is 0 Å². The van der Waals surface area contributed by atoms with Crippen LogP contribution in [0.3, 0.4) is 0 Å². The van der Waals surface area contributed by atoms with E-state index in [9.17, 15) is 0 Å². The van der Waals surface area contributed by atoms with Crippen molar-refractivity contribution in [2.24, 2.45) is 0 Å². The molecule has 0 saturated carbocycles. The van der Waals surface area contributed by atoms with E-state index in [-0.39, 0.29) is 0 Å². The van der Waals surface area contributed by atoms with Crippen molar-refractivity contribution in [2.45, 2.75) is 4.29 Å². The molecule has 2 aromatic carbocycles. The lowest BCUT2D eigenvalue weighted by atomic mass is 10.0. The molecule has 0 bridgehead atoms. The maximum Gasteiger partial charge on any atom is 0.160 e. The Kier molecular flexibility index (Phi) is 5.11. The maximum atomic E-state index is 3.59. The quantitative estimate of drug-likeness (QED) is 0.266. The summed E-state index contributed by atoms with van der Waals surface area (Å²) >= 11 is 21.5. The lowest BCUT2D eigenvalue weighted by Gasteiger charge is -2.23. The van der Waals surface area contributed by atoms with E-state index in [2.05, 4.69) is 120 Å². The number of hydrogen-bond donors (Lipinski definition) is 0. The molecule has 2 rings (SSSR count). The molecule has 0 N–H and O–H groups in total. The molecule has 2 aromatic rings. The largest absolute Gasteiger partial charge is 0.160 e. The van der Waals surface area contributed by atoms with Crippen LogP contribution in [0.2, 0.25) is 0 Å². The molecular formula is C12H6Br6. The summed E-state index contributed by atoms with van der Waals surface area (Å²) in [5, 5.41) is 2.38. The van der Waals surface area contributed by atoms with Crippen molar-refractivity contribution < 1.29 is 0 Å². The highest BCUT2D eigenvalue weighted by atomic mass is 80.0. The highest BCUT2D eigenvalue weighted by Gasteiger charge is 2.32. The van der Waals surface area contributed by atoms with Crippen LogP contribution in [0.1, 0.15) is 11.1 Å². The summed E-state index contributed by atoms with van der Waals surface area (Å²) in [6, 6.07) is 12.5. The van der Waals surface area contributed by atoms with Gasteiger partial charge >= 0.3 is 0 Å². The van der Waals surface area contributed by atoms with Gasteiger partial charge in [0.25, 0.3) is 0 Å². The lowest BCUT2D eigenvalue weighted by molar-refractivity contribution is 1.25. The van der Waals surface area contributed by atoms with E-state index in [1.54, 1.807) is 0 Å². The van der Waals surface area contributed by atoms with Crippen molar-refractivity contribution in [2.75, 3.05) is 0 Å². The first-order valence-corrected chi connectivity index (χ1v) is 9.62. The zero-order valence-electron chi connectivity index (χ0n) is 8.73. The Morgan fingerprint density at radius 1 is 0.611 bits per heavy atom. The van der Waals surface area contributed by atoms with Gasteiger partial charge in [-0.3, -0.25) is 0 Å². The molecule has 0 heterocycles. The summed E-state index contributed by atoms with van der Waals surface area (Å²) in [6.07, 6.45) is 0. The van der Waals surface area contributed by atoms with Crippen LogP contribution >= 0.6 is 95.6 Å². The predicted octanol–water partition coefficient (Wildman–Crippen LogP) is 7.43. The van der Waals surface area contributed by atoms with E-state index < -0.39 is 4.29 Å². The maximum absolute atomic E-state index is 3.59. The molecule has 0 aliphatic carbocycles. The van der Waals surface area contributed by atoms with Gasteiger partial charge < -0.3 is 0 Å². The Hall–Kier alpha value is 1.58. The summed E-state index contributed by atoms with van der Waals surface area (Å²) in [6.45, 7) is 0. The van der Waals surface area contributed by atoms with Gasteiger partial charge in [-0.15, -0.1) is 0 Å². The summed E-state index contributed by atoms with van der Waals surface area (Å²) < 4.78 is -0.931. The van der Waals surface area contributed by atoms with Crippen molar-refractivity contribution in [3.05, 3.63) is 47.5 Å². The number of halogens is 6. The van der Waals surface area contributed by atoms with Gasteiger partial charge in [-0.2, -0.15) is 0 Å². The zero-order chi connectivity index (χ0) is 13.6. The monoisotopic (exact) mass is 624 g/mol. The normalized spacial score (nSPS) is 13.0. The Bertz CT molecular complexity index is 527. The average Bonchev–Trinajstić information content (AvgIpc) is 2.25. The Labute approximate surface area is 156 Å². The third kappa shape index (κ3) is 3.61. The minimum atomic E-state index is -0.465. The fourth-order valence-electron chi connectivity index (χ4n) is 1.71. The second-order valence-electron chi connectivity index (χ2n) is 3.74. The van der Waals surface area contributed by atoms with Crippen LogP contribution in [-0.4, -0.2) is 0 Å². The molecule has 0 nitrogen and oxygen atoms in total. The fraction of sp³-hybridized carbons (Fsp3) is 0.167. The molecule has 0 unspecified atom stereocenters. The molecule has 0 fully saturated rings. The van der Waals surface area contributed by atoms with Crippen molar-refractivity contribution in [1.82, 2.24) is 0 Å². The molecule has 0 aliphatic rings. The minimum absolute atomic E-state index is 0.465. The lowest BCUT2D eigenvalue weighted by Crippen LogP contribution is -2.09. The fourth-order valence-corrected chi connectivity index (χ4v) is 3.68. The highest BCUT2D eigenvalue weighted by Crippen LogP contribution is 2.54. The molecule has 0 aromatic heterocycles. The smallest absolute Gasteiger partial charge is 0.0616 e. The van der Waals surface area contributed by atoms with Gasteiger partial charge in [-0.25, -0.2) is 0 Å². The summed E-state index contributed by atoms with van der Waals surface area (Å²) in [5.41, 5.74) is 2.15. The van der Waals surface area contributed by atoms with E-state index in [1.807, 2.05) is 12.1 Å². The van der Waals surface area contributed by atoms with Gasteiger partial charge in [-0.05, 0) is 34.0 Å². The molecule has 6 heteroatoms. The molecule has 0 amide bonds. The van der Waals surface area contributed by atoms with Crippen LogP contribution in [0.4, 0.5) is 0 Å². The third-order valence-electron chi connectivity index (χ3n) is 2.50. The Morgan fingerprint density at radius 3 is 1.22 bits per heavy atom. The van der Waals surface area contributed by atoms with Gasteiger partial charge in [0.15, 0.2) is 4.29 Å². The Morgan fingerprint density at radius 2 is 0.944 bits per heavy atom. The second-order valence-corrected chi connectivity index (χ2v) is 17.3. The van der Waals surface area contributed by atoms with E-state index >= 15 is 0 Å². The van der Waals surface area contributed by atoms with Gasteiger partial charge in [0, 0.05) is 0 Å². The molecule has 18 heavy (non-hydrogen) atoms. The van der Waals surface area contributed by atoms with E-state index in [1.165, 1.54) is 10.8 Å². The first-order chi connectivity index (χ1) is 8.19. The van der Waals surface area contributed by atoms with Crippen molar-refractivity contribution in [3.8, 4) is 0 Å². The van der Waals surface area contributed by atoms with Crippen LogP contribution in [0.5, 0.6) is 0 Å². The predicted molar refractivity (Wildman–Crippen MR) is 101 cm³/mol. The van der Waals surface area contributed by atoms with Crippen molar-refractivity contribution >= 4 is 106 Å².